The van der Waals surface area contributed by atoms with Crippen LogP contribution in [0.3, 0.4) is 0 Å². The lowest BCUT2D eigenvalue weighted by Gasteiger charge is -2.23. The number of carbonyl (C=O) groups is 2. The van der Waals surface area contributed by atoms with Gasteiger partial charge in [0.25, 0.3) is 0 Å². The first-order valence-electron chi connectivity index (χ1n) is 8.24. The molecule has 0 radical (unpaired) electrons. The summed E-state index contributed by atoms with van der Waals surface area (Å²) in [7, 11) is 0. The Morgan fingerprint density at radius 3 is 2.74 bits per heavy atom. The number of hydrogen-bond donors (Lipinski definition) is 2. The molecule has 0 aliphatic carbocycles. The van der Waals surface area contributed by atoms with Crippen LogP contribution in [-0.4, -0.2) is 34.5 Å². The van der Waals surface area contributed by atoms with Gasteiger partial charge in [-0.05, 0) is 49.9 Å². The summed E-state index contributed by atoms with van der Waals surface area (Å²) in [6.07, 6.45) is 7.09. The fourth-order valence-electron chi connectivity index (χ4n) is 3.68. The van der Waals surface area contributed by atoms with Gasteiger partial charge in [0, 0.05) is 18.2 Å². The number of pyridine rings is 1. The molecule has 0 spiro atoms. The highest BCUT2D eigenvalue weighted by atomic mass is 16.2. The maximum atomic E-state index is 12.1. The van der Waals surface area contributed by atoms with Crippen LogP contribution in [0, 0.1) is 0 Å². The maximum absolute atomic E-state index is 12.1. The molecule has 6 nitrogen and oxygen atoms in total. The SMILES string of the molecule is O=C1CCC(c2cnn3cc(C4CCNCC4)ccc23)C(=O)N1. The van der Waals surface area contributed by atoms with Crippen molar-refractivity contribution in [2.75, 3.05) is 13.1 Å². The highest BCUT2D eigenvalue weighted by Gasteiger charge is 2.30. The maximum Gasteiger partial charge on any atom is 0.234 e. The number of piperidine rings is 2. The number of rotatable bonds is 2. The first-order valence-corrected chi connectivity index (χ1v) is 8.24. The molecule has 2 amide bonds. The Hall–Kier alpha value is -2.21. The lowest BCUT2D eigenvalue weighted by molar-refractivity contribution is -0.134. The number of hydrogen-bond acceptors (Lipinski definition) is 4. The highest BCUT2D eigenvalue weighted by molar-refractivity contribution is 6.01. The van der Waals surface area contributed by atoms with Crippen molar-refractivity contribution in [3.63, 3.8) is 0 Å². The largest absolute Gasteiger partial charge is 0.317 e. The van der Waals surface area contributed by atoms with Crippen molar-refractivity contribution in [3.8, 4) is 0 Å². The zero-order chi connectivity index (χ0) is 15.8. The summed E-state index contributed by atoms with van der Waals surface area (Å²) in [6, 6.07) is 4.21. The van der Waals surface area contributed by atoms with E-state index in [2.05, 4.69) is 34.1 Å². The van der Waals surface area contributed by atoms with Crippen LogP contribution in [0.1, 0.15) is 48.6 Å². The molecule has 0 bridgehead atoms. The molecule has 2 aliphatic rings. The number of fused-ring (bicyclic) bond motifs is 1. The van der Waals surface area contributed by atoms with Crippen molar-refractivity contribution in [2.45, 2.75) is 37.5 Å². The van der Waals surface area contributed by atoms with Crippen LogP contribution in [0.15, 0.2) is 24.5 Å². The van der Waals surface area contributed by atoms with Gasteiger partial charge in [-0.2, -0.15) is 5.10 Å². The minimum Gasteiger partial charge on any atom is -0.317 e. The van der Waals surface area contributed by atoms with Gasteiger partial charge in [0.15, 0.2) is 0 Å². The summed E-state index contributed by atoms with van der Waals surface area (Å²) < 4.78 is 1.87. The molecule has 2 N–H and O–H groups in total. The Labute approximate surface area is 134 Å². The van der Waals surface area contributed by atoms with Crippen LogP contribution < -0.4 is 10.6 Å². The molecule has 4 heterocycles. The predicted molar refractivity (Wildman–Crippen MR) is 85.2 cm³/mol. The first-order chi connectivity index (χ1) is 11.2. The number of amides is 2. The number of aromatic nitrogens is 2. The van der Waals surface area contributed by atoms with Gasteiger partial charge >= 0.3 is 0 Å². The lowest BCUT2D eigenvalue weighted by atomic mass is 9.90. The van der Waals surface area contributed by atoms with Crippen molar-refractivity contribution >= 4 is 17.3 Å². The Bertz CT molecular complexity index is 761. The molecule has 2 aromatic rings. The second-order valence-corrected chi connectivity index (χ2v) is 6.42. The second kappa shape index (κ2) is 5.77. The molecule has 4 rings (SSSR count). The Morgan fingerprint density at radius 1 is 1.13 bits per heavy atom. The fourth-order valence-corrected chi connectivity index (χ4v) is 3.68. The number of nitrogens with zero attached hydrogens (tertiary/aromatic N) is 2. The van der Waals surface area contributed by atoms with E-state index in [-0.39, 0.29) is 17.7 Å². The second-order valence-electron chi connectivity index (χ2n) is 6.42. The minimum absolute atomic E-state index is 0.184. The Balaban J connectivity index is 1.65. The summed E-state index contributed by atoms with van der Waals surface area (Å²) in [5, 5.41) is 10.2. The predicted octanol–water partition coefficient (Wildman–Crippen LogP) is 1.32. The van der Waals surface area contributed by atoms with Gasteiger partial charge in [0.2, 0.25) is 11.8 Å². The molecule has 0 aromatic carbocycles. The Morgan fingerprint density at radius 2 is 1.96 bits per heavy atom. The smallest absolute Gasteiger partial charge is 0.234 e. The summed E-state index contributed by atoms with van der Waals surface area (Å²) in [4.78, 5) is 23.4. The molecule has 0 saturated carbocycles. The van der Waals surface area contributed by atoms with Gasteiger partial charge < -0.3 is 5.32 Å². The molecule has 2 aliphatic heterocycles. The highest BCUT2D eigenvalue weighted by Crippen LogP contribution is 2.30. The quantitative estimate of drug-likeness (QED) is 0.820. The molecule has 2 aromatic heterocycles. The van der Waals surface area contributed by atoms with Crippen LogP contribution in [0.5, 0.6) is 0 Å². The van der Waals surface area contributed by atoms with E-state index in [9.17, 15) is 9.59 Å². The van der Waals surface area contributed by atoms with Gasteiger partial charge in [-0.15, -0.1) is 0 Å². The molecule has 1 unspecified atom stereocenters. The molecular weight excluding hydrogens is 292 g/mol. The average Bonchev–Trinajstić information content (AvgIpc) is 2.99. The van der Waals surface area contributed by atoms with E-state index in [4.69, 9.17) is 0 Å². The average molecular weight is 312 g/mol. The molecule has 120 valence electrons. The van der Waals surface area contributed by atoms with Gasteiger partial charge in [-0.25, -0.2) is 4.52 Å². The summed E-state index contributed by atoms with van der Waals surface area (Å²) in [6.45, 7) is 2.12. The van der Waals surface area contributed by atoms with Gasteiger partial charge in [-0.3, -0.25) is 14.9 Å². The number of nitrogens with one attached hydrogen (secondary N) is 2. The third-order valence-corrected chi connectivity index (χ3v) is 4.99. The van der Waals surface area contributed by atoms with Crippen LogP contribution >= 0.6 is 0 Å². The lowest BCUT2D eigenvalue weighted by Crippen LogP contribution is -2.39. The van der Waals surface area contributed by atoms with Gasteiger partial charge in [-0.1, -0.05) is 6.07 Å². The van der Waals surface area contributed by atoms with Crippen molar-refractivity contribution in [1.29, 1.82) is 0 Å². The monoisotopic (exact) mass is 312 g/mol. The van der Waals surface area contributed by atoms with E-state index < -0.39 is 0 Å². The number of carbonyl (C=O) groups excluding carboxylic acids is 2. The van der Waals surface area contributed by atoms with E-state index in [1.807, 2.05) is 4.52 Å². The first kappa shape index (κ1) is 14.4. The van der Waals surface area contributed by atoms with E-state index in [0.717, 1.165) is 37.0 Å². The standard InChI is InChI=1S/C17H20N4O2/c22-16-4-2-13(17(23)20-16)14-9-19-21-10-12(1-3-15(14)21)11-5-7-18-8-6-11/h1,3,9-11,13,18H,2,4-8H2,(H,20,22,23). The van der Waals surface area contributed by atoms with Gasteiger partial charge in [0.1, 0.15) is 0 Å². The van der Waals surface area contributed by atoms with Crippen LogP contribution in [0.4, 0.5) is 0 Å². The minimum atomic E-state index is -0.282. The Kier molecular flexibility index (Phi) is 3.61. The molecule has 2 saturated heterocycles. The van der Waals surface area contributed by atoms with Crippen molar-refractivity contribution < 1.29 is 9.59 Å². The zero-order valence-corrected chi connectivity index (χ0v) is 12.9. The van der Waals surface area contributed by atoms with Crippen molar-refractivity contribution in [1.82, 2.24) is 20.2 Å². The topological polar surface area (TPSA) is 75.5 Å². The van der Waals surface area contributed by atoms with Crippen molar-refractivity contribution in [2.24, 2.45) is 0 Å². The zero-order valence-electron chi connectivity index (χ0n) is 12.9. The molecule has 1 atom stereocenters. The van der Waals surface area contributed by atoms with Crippen molar-refractivity contribution in [3.05, 3.63) is 35.7 Å². The van der Waals surface area contributed by atoms with E-state index in [1.54, 1.807) is 6.20 Å². The van der Waals surface area contributed by atoms with Crippen LogP contribution in [0.25, 0.3) is 5.52 Å². The van der Waals surface area contributed by atoms with E-state index >= 15 is 0 Å². The summed E-state index contributed by atoms with van der Waals surface area (Å²) in [5.41, 5.74) is 3.17. The molecule has 6 heteroatoms. The van der Waals surface area contributed by atoms with Crippen LogP contribution in [0.2, 0.25) is 0 Å². The third kappa shape index (κ3) is 2.63. The molecule has 2 fully saturated rings. The third-order valence-electron chi connectivity index (χ3n) is 4.99. The normalized spacial score (nSPS) is 23.2. The van der Waals surface area contributed by atoms with E-state index in [1.165, 1.54) is 5.56 Å². The van der Waals surface area contributed by atoms with Gasteiger partial charge in [0.05, 0.1) is 17.6 Å². The van der Waals surface area contributed by atoms with E-state index in [0.29, 0.717) is 18.8 Å². The number of imide groups is 1. The summed E-state index contributed by atoms with van der Waals surface area (Å²) in [5.74, 6) is -0.103. The fraction of sp³-hybridized carbons (Fsp3) is 0.471. The summed E-state index contributed by atoms with van der Waals surface area (Å²) >= 11 is 0. The molecule has 23 heavy (non-hydrogen) atoms. The van der Waals surface area contributed by atoms with Crippen LogP contribution in [-0.2, 0) is 9.59 Å². The molecular formula is C17H20N4O2.